The molecule has 0 atom stereocenters. The maximum absolute atomic E-state index is 4.94. The molecule has 0 unspecified atom stereocenters. The van der Waals surface area contributed by atoms with Crippen LogP contribution in [-0.4, -0.2) is 4.98 Å². The third-order valence-electron chi connectivity index (χ3n) is 12.5. The van der Waals surface area contributed by atoms with E-state index in [2.05, 4.69) is 176 Å². The number of fused-ring (bicyclic) bond motifs is 16. The molecule has 0 aliphatic heterocycles. The summed E-state index contributed by atoms with van der Waals surface area (Å²) in [6.07, 6.45) is 6.99. The zero-order valence-electron chi connectivity index (χ0n) is 29.0. The fourth-order valence-electron chi connectivity index (χ4n) is 10.5. The van der Waals surface area contributed by atoms with Crippen LogP contribution in [0.15, 0.2) is 182 Å². The van der Waals surface area contributed by atoms with Crippen molar-refractivity contribution in [3.63, 3.8) is 0 Å². The normalized spacial score (nSPS) is 16.3. The van der Waals surface area contributed by atoms with E-state index in [4.69, 9.17) is 4.98 Å². The van der Waals surface area contributed by atoms with Crippen molar-refractivity contribution in [2.75, 3.05) is 0 Å². The molecule has 4 aliphatic rings. The van der Waals surface area contributed by atoms with Gasteiger partial charge in [0.2, 0.25) is 0 Å². The van der Waals surface area contributed by atoms with Gasteiger partial charge in [0.05, 0.1) is 21.0 Å². The smallest absolute Gasteiger partial charge is 0.124 e. The largest absolute Gasteiger partial charge is 0.236 e. The Hall–Kier alpha value is -6.09. The van der Waals surface area contributed by atoms with Gasteiger partial charge in [-0.3, -0.25) is 0 Å². The van der Waals surface area contributed by atoms with E-state index in [0.717, 1.165) is 28.9 Å². The zero-order chi connectivity index (χ0) is 34.7. The van der Waals surface area contributed by atoms with Crippen LogP contribution in [0.3, 0.4) is 0 Å². The van der Waals surface area contributed by atoms with Crippen LogP contribution in [0.1, 0.15) is 57.3 Å². The summed E-state index contributed by atoms with van der Waals surface area (Å²) in [6.45, 7) is 0. The standard InChI is InChI=1S/C51H33NS/c1-4-16-39-35(13-1)36-14-2-5-17-40(36)50(39)42-19-7-9-21-44(42)51(45-22-10-8-20-43(45)50)41-18-6-3-15-37(41)38-30-29-34(31-46(38)51)32-25-27-33(28-26-32)49-52-47-23-11-12-24-48(47)53-49/h1-2,4-14,16-31H,3,15H2. The summed E-state index contributed by atoms with van der Waals surface area (Å²) in [4.78, 5) is 4.94. The minimum atomic E-state index is -0.441. The molecule has 1 nitrogen and oxygen atoms in total. The highest BCUT2D eigenvalue weighted by Crippen LogP contribution is 2.67. The van der Waals surface area contributed by atoms with Crippen LogP contribution in [-0.2, 0) is 10.8 Å². The summed E-state index contributed by atoms with van der Waals surface area (Å²) in [6, 6.07) is 61.8. The number of allylic oxidation sites excluding steroid dienone is 4. The highest BCUT2D eigenvalue weighted by molar-refractivity contribution is 7.21. The van der Waals surface area contributed by atoms with Gasteiger partial charge in [-0.05, 0) is 109 Å². The molecule has 12 rings (SSSR count). The van der Waals surface area contributed by atoms with E-state index >= 15 is 0 Å². The van der Waals surface area contributed by atoms with Crippen molar-refractivity contribution in [1.82, 2.24) is 4.98 Å². The summed E-state index contributed by atoms with van der Waals surface area (Å²) < 4.78 is 1.22. The highest BCUT2D eigenvalue weighted by Gasteiger charge is 2.59. The van der Waals surface area contributed by atoms with E-state index < -0.39 is 10.8 Å². The molecule has 0 saturated heterocycles. The van der Waals surface area contributed by atoms with Gasteiger partial charge in [-0.2, -0.15) is 0 Å². The number of nitrogens with zero attached hydrogens (tertiary/aromatic N) is 1. The van der Waals surface area contributed by atoms with Crippen molar-refractivity contribution in [1.29, 1.82) is 0 Å². The number of rotatable bonds is 2. The Bertz CT molecular complexity index is 2770. The predicted octanol–water partition coefficient (Wildman–Crippen LogP) is 12.8. The molecule has 8 aromatic rings. The van der Waals surface area contributed by atoms with Crippen molar-refractivity contribution in [2.24, 2.45) is 0 Å². The summed E-state index contributed by atoms with van der Waals surface area (Å²) in [7, 11) is 0. The fourth-order valence-corrected chi connectivity index (χ4v) is 11.5. The maximum Gasteiger partial charge on any atom is 0.124 e. The van der Waals surface area contributed by atoms with Gasteiger partial charge in [0.25, 0.3) is 0 Å². The average molecular weight is 692 g/mol. The van der Waals surface area contributed by atoms with Crippen LogP contribution in [0.25, 0.3) is 48.6 Å². The van der Waals surface area contributed by atoms with Crippen molar-refractivity contribution in [2.45, 2.75) is 23.7 Å². The molecular formula is C51H33NS. The SMILES string of the molecule is C1=CC2=C(CC1)c1ccc(-c3ccc(-c4nc5ccccc5s4)cc3)cc1C21c2ccccc2C2(c3ccccc3-c3ccccc32)c2ccccc21. The first-order valence-electron chi connectivity index (χ1n) is 18.7. The lowest BCUT2D eigenvalue weighted by molar-refractivity contribution is 0.629. The summed E-state index contributed by atoms with van der Waals surface area (Å²) in [5, 5.41) is 1.06. The Labute approximate surface area is 313 Å². The van der Waals surface area contributed by atoms with E-state index in [-0.39, 0.29) is 0 Å². The quantitative estimate of drug-likeness (QED) is 0.176. The number of hydrogen-bond acceptors (Lipinski definition) is 2. The Balaban J connectivity index is 1.11. The molecule has 0 fully saturated rings. The Morgan fingerprint density at radius 1 is 0.453 bits per heavy atom. The molecule has 0 bridgehead atoms. The molecular weight excluding hydrogens is 659 g/mol. The van der Waals surface area contributed by atoms with E-state index in [9.17, 15) is 0 Å². The van der Waals surface area contributed by atoms with E-state index in [1.807, 2.05) is 0 Å². The molecule has 0 saturated carbocycles. The van der Waals surface area contributed by atoms with Crippen LogP contribution >= 0.6 is 11.3 Å². The van der Waals surface area contributed by atoms with Gasteiger partial charge >= 0.3 is 0 Å². The molecule has 53 heavy (non-hydrogen) atoms. The lowest BCUT2D eigenvalue weighted by Gasteiger charge is -2.49. The van der Waals surface area contributed by atoms with E-state index in [1.165, 1.54) is 82.6 Å². The number of thiazole rings is 1. The number of para-hydroxylation sites is 1. The third kappa shape index (κ3) is 3.69. The molecule has 0 N–H and O–H groups in total. The Kier molecular flexibility index (Phi) is 5.97. The minimum Gasteiger partial charge on any atom is -0.236 e. The van der Waals surface area contributed by atoms with Crippen LogP contribution in [0.4, 0.5) is 0 Å². The molecule has 1 heterocycles. The van der Waals surface area contributed by atoms with Gasteiger partial charge in [0, 0.05) is 5.56 Å². The van der Waals surface area contributed by atoms with Crippen LogP contribution in [0.2, 0.25) is 0 Å². The van der Waals surface area contributed by atoms with Gasteiger partial charge in [0.15, 0.2) is 0 Å². The molecule has 7 aromatic carbocycles. The van der Waals surface area contributed by atoms with Crippen molar-refractivity contribution >= 4 is 27.1 Å². The van der Waals surface area contributed by atoms with E-state index in [1.54, 1.807) is 11.3 Å². The molecule has 0 amide bonds. The summed E-state index contributed by atoms with van der Waals surface area (Å²) >= 11 is 1.76. The molecule has 1 aromatic heterocycles. The minimum absolute atomic E-state index is 0.415. The molecule has 4 aliphatic carbocycles. The number of benzene rings is 7. The first-order chi connectivity index (χ1) is 26.3. The van der Waals surface area contributed by atoms with Gasteiger partial charge < -0.3 is 0 Å². The second-order valence-corrected chi connectivity index (χ2v) is 15.9. The van der Waals surface area contributed by atoms with Crippen molar-refractivity contribution in [3.05, 3.63) is 226 Å². The third-order valence-corrected chi connectivity index (χ3v) is 13.6. The number of aromatic nitrogens is 1. The Morgan fingerprint density at radius 3 is 1.66 bits per heavy atom. The zero-order valence-corrected chi connectivity index (χ0v) is 29.8. The molecule has 2 heteroatoms. The topological polar surface area (TPSA) is 12.9 Å². The second-order valence-electron chi connectivity index (χ2n) is 14.8. The summed E-state index contributed by atoms with van der Waals surface area (Å²) in [5.41, 5.74) is 20.6. The van der Waals surface area contributed by atoms with Gasteiger partial charge in [0.1, 0.15) is 5.01 Å². The van der Waals surface area contributed by atoms with Gasteiger partial charge in [-0.25, -0.2) is 4.98 Å². The Morgan fingerprint density at radius 2 is 1.00 bits per heavy atom. The summed E-state index contributed by atoms with van der Waals surface area (Å²) in [5.74, 6) is 0. The monoisotopic (exact) mass is 691 g/mol. The second kappa shape index (κ2) is 10.7. The lowest BCUT2D eigenvalue weighted by atomic mass is 9.52. The van der Waals surface area contributed by atoms with Gasteiger partial charge in [-0.15, -0.1) is 11.3 Å². The van der Waals surface area contributed by atoms with E-state index in [0.29, 0.717) is 0 Å². The van der Waals surface area contributed by atoms with Crippen LogP contribution in [0, 0.1) is 0 Å². The first-order valence-corrected chi connectivity index (χ1v) is 19.5. The number of hydrogen-bond donors (Lipinski definition) is 0. The molecule has 2 spiro atoms. The first kappa shape index (κ1) is 29.5. The van der Waals surface area contributed by atoms with Crippen LogP contribution in [0.5, 0.6) is 0 Å². The fraction of sp³-hybridized carbons (Fsp3) is 0.0784. The highest BCUT2D eigenvalue weighted by atomic mass is 32.1. The molecule has 0 radical (unpaired) electrons. The maximum atomic E-state index is 4.94. The molecule has 248 valence electrons. The van der Waals surface area contributed by atoms with Gasteiger partial charge in [-0.1, -0.05) is 158 Å². The lowest BCUT2D eigenvalue weighted by Crippen LogP contribution is -2.44. The van der Waals surface area contributed by atoms with Crippen molar-refractivity contribution < 1.29 is 0 Å². The average Bonchev–Trinajstić information content (AvgIpc) is 3.89. The van der Waals surface area contributed by atoms with Crippen LogP contribution < -0.4 is 0 Å². The predicted molar refractivity (Wildman–Crippen MR) is 219 cm³/mol. The van der Waals surface area contributed by atoms with Crippen molar-refractivity contribution in [3.8, 4) is 32.8 Å².